The summed E-state index contributed by atoms with van der Waals surface area (Å²) in [6.07, 6.45) is 5.70. The molecule has 0 aliphatic carbocycles. The molecule has 2 rings (SSSR count). The average molecular weight is 411 g/mol. The van der Waals surface area contributed by atoms with Gasteiger partial charge in [-0.05, 0) is 36.9 Å². The van der Waals surface area contributed by atoms with Crippen molar-refractivity contribution in [3.05, 3.63) is 0 Å². The minimum Gasteiger partial charge on any atom is -0.368 e. The molecule has 0 saturated carbocycles. The Labute approximate surface area is 160 Å². The van der Waals surface area contributed by atoms with Gasteiger partial charge >= 0.3 is 0 Å². The van der Waals surface area contributed by atoms with Crippen molar-refractivity contribution in [1.29, 1.82) is 0 Å². The Hall–Kier alpha value is 0.260. The SMILES string of the molecule is CSCCC(C(N)=O)N1CC1SSC1CN1C(CCSC)C(N)=O. The molecule has 6 nitrogen and oxygen atoms in total. The standard InChI is InChI=1S/C14H26N4O2S4/c1-21-5-3-9(13(15)19)17-7-11(17)23-24-12-8-18(12)10(14(16)20)4-6-22-2/h9-12H,3-8H2,1-2H3,(H2,15,19)(H2,16,20). The van der Waals surface area contributed by atoms with Gasteiger partial charge in [-0.15, -0.1) is 0 Å². The summed E-state index contributed by atoms with van der Waals surface area (Å²) in [6.45, 7) is 1.83. The van der Waals surface area contributed by atoms with Crippen LogP contribution in [0.25, 0.3) is 0 Å². The minimum atomic E-state index is -0.226. The maximum absolute atomic E-state index is 11.6. The third kappa shape index (κ3) is 5.91. The van der Waals surface area contributed by atoms with E-state index in [-0.39, 0.29) is 23.9 Å². The van der Waals surface area contributed by atoms with Crippen molar-refractivity contribution in [3.8, 4) is 0 Å². The predicted octanol–water partition coefficient (Wildman–Crippen LogP) is 0.865. The smallest absolute Gasteiger partial charge is 0.234 e. The number of nitrogens with zero attached hydrogens (tertiary/aromatic N) is 2. The quantitative estimate of drug-likeness (QED) is 0.341. The summed E-state index contributed by atoms with van der Waals surface area (Å²) in [5, 5.41) is 0.713. The van der Waals surface area contributed by atoms with Crippen molar-refractivity contribution in [2.75, 3.05) is 37.1 Å². The lowest BCUT2D eigenvalue weighted by atomic mass is 10.2. The molecule has 2 heterocycles. The number of carbonyl (C=O) groups is 2. The zero-order valence-corrected chi connectivity index (χ0v) is 17.3. The van der Waals surface area contributed by atoms with E-state index in [0.717, 1.165) is 37.4 Å². The second kappa shape index (κ2) is 9.82. The van der Waals surface area contributed by atoms with Crippen molar-refractivity contribution in [1.82, 2.24) is 9.80 Å². The molecular formula is C14H26N4O2S4. The molecular weight excluding hydrogens is 384 g/mol. The van der Waals surface area contributed by atoms with Gasteiger partial charge in [-0.25, -0.2) is 0 Å². The molecule has 2 aliphatic heterocycles. The first kappa shape index (κ1) is 20.6. The van der Waals surface area contributed by atoms with Crippen LogP contribution in [0, 0.1) is 0 Å². The van der Waals surface area contributed by atoms with Crippen LogP contribution in [0.15, 0.2) is 0 Å². The summed E-state index contributed by atoms with van der Waals surface area (Å²) in [4.78, 5) is 27.5. The fourth-order valence-corrected chi connectivity index (χ4v) is 6.58. The molecule has 2 amide bonds. The first-order valence-corrected chi connectivity index (χ1v) is 13.0. The van der Waals surface area contributed by atoms with E-state index in [1.165, 1.54) is 0 Å². The van der Waals surface area contributed by atoms with Crippen LogP contribution in [0.3, 0.4) is 0 Å². The van der Waals surface area contributed by atoms with Crippen LogP contribution in [-0.4, -0.2) is 81.6 Å². The number of amides is 2. The van der Waals surface area contributed by atoms with Gasteiger partial charge in [0.15, 0.2) is 0 Å². The van der Waals surface area contributed by atoms with Gasteiger partial charge in [0.2, 0.25) is 11.8 Å². The van der Waals surface area contributed by atoms with Gasteiger partial charge in [-0.1, -0.05) is 21.6 Å². The number of hydrogen-bond donors (Lipinski definition) is 2. The van der Waals surface area contributed by atoms with Crippen LogP contribution in [0.1, 0.15) is 12.8 Å². The Morgan fingerprint density at radius 3 is 1.58 bits per heavy atom. The van der Waals surface area contributed by atoms with Crippen LogP contribution in [-0.2, 0) is 9.59 Å². The molecule has 0 spiro atoms. The molecule has 6 atom stereocenters. The predicted molar refractivity (Wildman–Crippen MR) is 108 cm³/mol. The maximum Gasteiger partial charge on any atom is 0.234 e. The molecule has 24 heavy (non-hydrogen) atoms. The van der Waals surface area contributed by atoms with Crippen LogP contribution in [0.5, 0.6) is 0 Å². The van der Waals surface area contributed by atoms with E-state index < -0.39 is 0 Å². The molecule has 0 bridgehead atoms. The van der Waals surface area contributed by atoms with E-state index in [1.807, 2.05) is 12.5 Å². The van der Waals surface area contributed by atoms with Crippen LogP contribution in [0.4, 0.5) is 0 Å². The Kier molecular flexibility index (Phi) is 8.42. The molecule has 2 fully saturated rings. The van der Waals surface area contributed by atoms with Crippen LogP contribution in [0.2, 0.25) is 0 Å². The lowest BCUT2D eigenvalue weighted by Crippen LogP contribution is -2.36. The fraction of sp³-hybridized carbons (Fsp3) is 0.857. The van der Waals surface area contributed by atoms with Gasteiger partial charge in [0.25, 0.3) is 0 Å². The highest BCUT2D eigenvalue weighted by atomic mass is 33.1. The van der Waals surface area contributed by atoms with Crippen LogP contribution < -0.4 is 11.5 Å². The molecule has 0 radical (unpaired) electrons. The first-order chi connectivity index (χ1) is 11.5. The van der Waals surface area contributed by atoms with E-state index in [1.54, 1.807) is 45.1 Å². The summed E-state index contributed by atoms with van der Waals surface area (Å²) in [7, 11) is 3.57. The molecule has 10 heteroatoms. The normalized spacial score (nSPS) is 30.6. The highest BCUT2D eigenvalue weighted by molar-refractivity contribution is 8.77. The first-order valence-electron chi connectivity index (χ1n) is 7.89. The van der Waals surface area contributed by atoms with E-state index in [2.05, 4.69) is 9.80 Å². The Bertz CT molecular complexity index is 416. The molecule has 4 N–H and O–H groups in total. The average Bonchev–Trinajstić information content (AvgIpc) is 3.42. The molecule has 0 aromatic heterocycles. The number of primary amides is 2. The second-order valence-electron chi connectivity index (χ2n) is 5.89. The van der Waals surface area contributed by atoms with Crippen molar-refractivity contribution < 1.29 is 9.59 Å². The number of hydrogen-bond acceptors (Lipinski definition) is 8. The fourth-order valence-electron chi connectivity index (χ4n) is 2.62. The number of nitrogens with two attached hydrogens (primary N) is 2. The molecule has 2 saturated heterocycles. The molecule has 0 aromatic rings. The zero-order chi connectivity index (χ0) is 17.7. The van der Waals surface area contributed by atoms with E-state index in [0.29, 0.717) is 10.7 Å². The Balaban J connectivity index is 1.70. The Morgan fingerprint density at radius 2 is 1.29 bits per heavy atom. The van der Waals surface area contributed by atoms with Gasteiger partial charge in [0, 0.05) is 13.1 Å². The number of rotatable bonds is 13. The summed E-state index contributed by atoms with van der Waals surface area (Å²) in [5.74, 6) is 1.44. The minimum absolute atomic E-state index is 0.147. The summed E-state index contributed by atoms with van der Waals surface area (Å²) < 4.78 is 0. The van der Waals surface area contributed by atoms with Gasteiger partial charge in [-0.2, -0.15) is 23.5 Å². The topological polar surface area (TPSA) is 92.2 Å². The number of carbonyl (C=O) groups excluding carboxylic acids is 2. The zero-order valence-electron chi connectivity index (χ0n) is 14.1. The lowest BCUT2D eigenvalue weighted by Gasteiger charge is -2.15. The monoisotopic (exact) mass is 410 g/mol. The van der Waals surface area contributed by atoms with E-state index >= 15 is 0 Å². The Morgan fingerprint density at radius 1 is 0.917 bits per heavy atom. The van der Waals surface area contributed by atoms with Crippen molar-refractivity contribution in [2.45, 2.75) is 35.7 Å². The molecule has 0 aromatic carbocycles. The van der Waals surface area contributed by atoms with Gasteiger partial charge in [0.1, 0.15) is 0 Å². The number of thioether (sulfide) groups is 2. The van der Waals surface area contributed by atoms with Gasteiger partial charge < -0.3 is 11.5 Å². The van der Waals surface area contributed by atoms with Crippen molar-refractivity contribution in [3.63, 3.8) is 0 Å². The largest absolute Gasteiger partial charge is 0.368 e. The highest BCUT2D eigenvalue weighted by Crippen LogP contribution is 2.47. The third-order valence-electron chi connectivity index (χ3n) is 4.13. The maximum atomic E-state index is 11.6. The second-order valence-corrected chi connectivity index (χ2v) is 10.5. The molecule has 138 valence electrons. The van der Waals surface area contributed by atoms with Crippen molar-refractivity contribution in [2.24, 2.45) is 11.5 Å². The van der Waals surface area contributed by atoms with Gasteiger partial charge in [-0.3, -0.25) is 19.4 Å². The van der Waals surface area contributed by atoms with Crippen molar-refractivity contribution >= 4 is 56.9 Å². The summed E-state index contributed by atoms with van der Waals surface area (Å²) in [5.41, 5.74) is 11.0. The lowest BCUT2D eigenvalue weighted by molar-refractivity contribution is -0.122. The third-order valence-corrected chi connectivity index (χ3v) is 8.48. The van der Waals surface area contributed by atoms with Gasteiger partial charge in [0.05, 0.1) is 22.8 Å². The van der Waals surface area contributed by atoms with E-state index in [9.17, 15) is 9.59 Å². The highest BCUT2D eigenvalue weighted by Gasteiger charge is 2.47. The molecule has 2 aliphatic rings. The van der Waals surface area contributed by atoms with E-state index in [4.69, 9.17) is 11.5 Å². The molecule has 6 unspecified atom stereocenters. The summed E-state index contributed by atoms with van der Waals surface area (Å²) >= 11 is 3.47. The van der Waals surface area contributed by atoms with Crippen LogP contribution >= 0.6 is 45.1 Å². The summed E-state index contributed by atoms with van der Waals surface area (Å²) in [6, 6.07) is -0.295.